The minimum Gasteiger partial charge on any atom is -0.497 e. The number of hydrogen-bond donors (Lipinski definition) is 0. The number of methoxy groups -OCH3 is 3. The number of thiophene rings is 1. The standard InChI is InChI=1S/C28H31ClN2O5S/c1-34-15-4-13-30(28(33)22-10-9-21(35-2)17-24(22)36-3)18-26(32)31-14-11-25-23(12-16-37-25)27(31)19-5-7-20(29)8-6-19/h5-10,12,16-17,27H,4,11,13-15,18H2,1-3H3. The smallest absolute Gasteiger partial charge is 0.258 e. The second kappa shape index (κ2) is 12.4. The Hall–Kier alpha value is -3.07. The van der Waals surface area contributed by atoms with Crippen LogP contribution in [0.25, 0.3) is 0 Å². The Morgan fingerprint density at radius 1 is 1.08 bits per heavy atom. The van der Waals surface area contributed by atoms with Crippen LogP contribution in [0.5, 0.6) is 11.5 Å². The van der Waals surface area contributed by atoms with Crippen molar-refractivity contribution in [2.45, 2.75) is 18.9 Å². The highest BCUT2D eigenvalue weighted by atomic mass is 35.5. The lowest BCUT2D eigenvalue weighted by molar-refractivity contribution is -0.134. The van der Waals surface area contributed by atoms with E-state index in [1.54, 1.807) is 48.7 Å². The molecule has 37 heavy (non-hydrogen) atoms. The van der Waals surface area contributed by atoms with Gasteiger partial charge in [-0.15, -0.1) is 11.3 Å². The minimum atomic E-state index is -0.278. The molecule has 1 aliphatic heterocycles. The summed E-state index contributed by atoms with van der Waals surface area (Å²) in [5.41, 5.74) is 2.49. The molecule has 0 N–H and O–H groups in total. The first kappa shape index (κ1) is 27.0. The lowest BCUT2D eigenvalue weighted by atomic mass is 9.93. The molecule has 2 amide bonds. The molecule has 3 aromatic rings. The largest absolute Gasteiger partial charge is 0.497 e. The van der Waals surface area contributed by atoms with Gasteiger partial charge >= 0.3 is 0 Å². The number of hydrogen-bond acceptors (Lipinski definition) is 6. The van der Waals surface area contributed by atoms with Crippen molar-refractivity contribution in [2.24, 2.45) is 0 Å². The number of halogens is 1. The molecule has 0 saturated heterocycles. The molecule has 4 rings (SSSR count). The molecule has 196 valence electrons. The van der Waals surface area contributed by atoms with Crippen LogP contribution in [0.2, 0.25) is 5.02 Å². The first-order chi connectivity index (χ1) is 18.0. The van der Waals surface area contributed by atoms with E-state index < -0.39 is 0 Å². The van der Waals surface area contributed by atoms with Gasteiger partial charge in [-0.2, -0.15) is 0 Å². The Morgan fingerprint density at radius 3 is 2.57 bits per heavy atom. The van der Waals surface area contributed by atoms with E-state index in [0.29, 0.717) is 48.2 Å². The molecule has 1 unspecified atom stereocenters. The Bertz CT molecular complexity index is 1230. The van der Waals surface area contributed by atoms with Crippen LogP contribution in [0.15, 0.2) is 53.9 Å². The Kier molecular flexibility index (Phi) is 9.08. The summed E-state index contributed by atoms with van der Waals surface area (Å²) in [5.74, 6) is 0.588. The van der Waals surface area contributed by atoms with Crippen LogP contribution in [0.1, 0.15) is 38.8 Å². The molecule has 1 aromatic heterocycles. The molecular weight excluding hydrogens is 512 g/mol. The Morgan fingerprint density at radius 2 is 1.86 bits per heavy atom. The molecule has 7 nitrogen and oxygen atoms in total. The summed E-state index contributed by atoms with van der Waals surface area (Å²) in [6.07, 6.45) is 1.38. The maximum absolute atomic E-state index is 13.8. The second-order valence-corrected chi connectivity index (χ2v) is 10.2. The van der Waals surface area contributed by atoms with E-state index in [1.807, 2.05) is 29.2 Å². The van der Waals surface area contributed by atoms with E-state index in [9.17, 15) is 9.59 Å². The monoisotopic (exact) mass is 542 g/mol. The van der Waals surface area contributed by atoms with Gasteiger partial charge in [-0.25, -0.2) is 0 Å². The highest BCUT2D eigenvalue weighted by molar-refractivity contribution is 7.10. The van der Waals surface area contributed by atoms with E-state index in [1.165, 1.54) is 12.0 Å². The summed E-state index contributed by atoms with van der Waals surface area (Å²) in [4.78, 5) is 32.2. The van der Waals surface area contributed by atoms with E-state index >= 15 is 0 Å². The SMILES string of the molecule is COCCCN(CC(=O)N1CCc2sccc2C1c1ccc(Cl)cc1)C(=O)c1ccc(OC)cc1OC. The van der Waals surface area contributed by atoms with Gasteiger partial charge in [0.2, 0.25) is 5.91 Å². The van der Waals surface area contributed by atoms with Gasteiger partial charge in [0.05, 0.1) is 25.8 Å². The van der Waals surface area contributed by atoms with Crippen LogP contribution >= 0.6 is 22.9 Å². The molecule has 9 heteroatoms. The lowest BCUT2D eigenvalue weighted by Crippen LogP contribution is -2.47. The molecule has 0 radical (unpaired) electrons. The van der Waals surface area contributed by atoms with Gasteiger partial charge in [0.1, 0.15) is 18.0 Å². The van der Waals surface area contributed by atoms with Crippen LogP contribution in [0, 0.1) is 0 Å². The van der Waals surface area contributed by atoms with Crippen LogP contribution in [0.4, 0.5) is 0 Å². The van der Waals surface area contributed by atoms with Crippen LogP contribution in [-0.4, -0.2) is 69.2 Å². The van der Waals surface area contributed by atoms with Crippen molar-refractivity contribution in [1.29, 1.82) is 0 Å². The third-order valence-electron chi connectivity index (χ3n) is 6.50. The predicted molar refractivity (Wildman–Crippen MR) is 145 cm³/mol. The second-order valence-electron chi connectivity index (χ2n) is 8.73. The van der Waals surface area contributed by atoms with Gasteiger partial charge in [0.15, 0.2) is 0 Å². The van der Waals surface area contributed by atoms with Gasteiger partial charge in [-0.3, -0.25) is 9.59 Å². The first-order valence-electron chi connectivity index (χ1n) is 12.1. The van der Waals surface area contributed by atoms with Crippen molar-refractivity contribution < 1.29 is 23.8 Å². The molecule has 1 aliphatic rings. The highest BCUT2D eigenvalue weighted by Gasteiger charge is 2.34. The molecule has 2 aromatic carbocycles. The van der Waals surface area contributed by atoms with Gasteiger partial charge in [0, 0.05) is 42.8 Å². The van der Waals surface area contributed by atoms with E-state index in [4.69, 9.17) is 25.8 Å². The minimum absolute atomic E-state index is 0.0543. The summed E-state index contributed by atoms with van der Waals surface area (Å²) < 4.78 is 15.9. The summed E-state index contributed by atoms with van der Waals surface area (Å²) >= 11 is 7.85. The lowest BCUT2D eigenvalue weighted by Gasteiger charge is -2.37. The third kappa shape index (κ3) is 6.09. The van der Waals surface area contributed by atoms with Crippen molar-refractivity contribution in [2.75, 3.05) is 47.6 Å². The fourth-order valence-electron chi connectivity index (χ4n) is 4.64. The molecule has 0 fully saturated rings. The normalized spacial score (nSPS) is 14.7. The van der Waals surface area contributed by atoms with E-state index in [0.717, 1.165) is 17.5 Å². The fourth-order valence-corrected chi connectivity index (χ4v) is 5.67. The molecular formula is C28H31ClN2O5S. The Labute approximate surface area is 226 Å². The van der Waals surface area contributed by atoms with E-state index in [-0.39, 0.29) is 24.4 Å². The zero-order valence-electron chi connectivity index (χ0n) is 21.2. The Balaban J connectivity index is 1.62. The summed E-state index contributed by atoms with van der Waals surface area (Å²) in [6.45, 7) is 1.37. The molecule has 0 saturated carbocycles. The third-order valence-corrected chi connectivity index (χ3v) is 7.75. The maximum atomic E-state index is 13.8. The topological polar surface area (TPSA) is 68.3 Å². The number of amides is 2. The zero-order valence-corrected chi connectivity index (χ0v) is 22.8. The van der Waals surface area contributed by atoms with Crippen LogP contribution in [0.3, 0.4) is 0 Å². The summed E-state index contributed by atoms with van der Waals surface area (Å²) in [6, 6.07) is 14.5. The van der Waals surface area contributed by atoms with Crippen molar-refractivity contribution >= 4 is 34.8 Å². The van der Waals surface area contributed by atoms with Crippen molar-refractivity contribution in [3.05, 3.63) is 80.5 Å². The average molecular weight is 543 g/mol. The first-order valence-corrected chi connectivity index (χ1v) is 13.3. The quantitative estimate of drug-likeness (QED) is 0.335. The summed E-state index contributed by atoms with van der Waals surface area (Å²) in [7, 11) is 4.68. The van der Waals surface area contributed by atoms with Crippen molar-refractivity contribution in [3.8, 4) is 11.5 Å². The van der Waals surface area contributed by atoms with Crippen LogP contribution in [-0.2, 0) is 16.0 Å². The molecule has 2 heterocycles. The van der Waals surface area contributed by atoms with Crippen molar-refractivity contribution in [1.82, 2.24) is 9.80 Å². The number of nitrogens with zero attached hydrogens (tertiary/aromatic N) is 2. The number of rotatable bonds is 10. The van der Waals surface area contributed by atoms with Gasteiger partial charge in [-0.05, 0) is 59.7 Å². The fraction of sp³-hybridized carbons (Fsp3) is 0.357. The number of carbonyl (C=O) groups is 2. The molecule has 1 atom stereocenters. The number of carbonyl (C=O) groups excluding carboxylic acids is 2. The zero-order chi connectivity index (χ0) is 26.4. The summed E-state index contributed by atoms with van der Waals surface area (Å²) in [5, 5.41) is 2.71. The molecule has 0 aliphatic carbocycles. The molecule has 0 bridgehead atoms. The number of fused-ring (bicyclic) bond motifs is 1. The number of benzene rings is 2. The van der Waals surface area contributed by atoms with Crippen LogP contribution < -0.4 is 9.47 Å². The highest BCUT2D eigenvalue weighted by Crippen LogP contribution is 2.38. The molecule has 0 spiro atoms. The van der Waals surface area contributed by atoms with Crippen molar-refractivity contribution in [3.63, 3.8) is 0 Å². The average Bonchev–Trinajstić information content (AvgIpc) is 3.41. The predicted octanol–water partition coefficient (Wildman–Crippen LogP) is 5.07. The van der Waals surface area contributed by atoms with Gasteiger partial charge in [0.25, 0.3) is 5.91 Å². The number of ether oxygens (including phenoxy) is 3. The van der Waals surface area contributed by atoms with Gasteiger partial charge in [-0.1, -0.05) is 23.7 Å². The van der Waals surface area contributed by atoms with Gasteiger partial charge < -0.3 is 24.0 Å². The maximum Gasteiger partial charge on any atom is 0.258 e. The van der Waals surface area contributed by atoms with E-state index in [2.05, 4.69) is 11.4 Å².